The molecule has 0 bridgehead atoms. The normalized spacial score (nSPS) is 27.4. The van der Waals surface area contributed by atoms with Crippen molar-refractivity contribution in [1.29, 1.82) is 0 Å². The molecule has 2 fully saturated rings. The van der Waals surface area contributed by atoms with Crippen LogP contribution in [0.25, 0.3) is 0 Å². The van der Waals surface area contributed by atoms with Crippen molar-refractivity contribution in [3.63, 3.8) is 0 Å². The van der Waals surface area contributed by atoms with Gasteiger partial charge < -0.3 is 19.9 Å². The number of hydrogen-bond donors (Lipinski definition) is 1. The Bertz CT molecular complexity index is 360. The highest BCUT2D eigenvalue weighted by atomic mass is 16.5. The zero-order valence-electron chi connectivity index (χ0n) is 15.3. The van der Waals surface area contributed by atoms with Crippen molar-refractivity contribution in [3.05, 3.63) is 0 Å². The summed E-state index contributed by atoms with van der Waals surface area (Å²) < 4.78 is 5.35. The number of carbonyl (C=O) groups is 1. The Morgan fingerprint density at radius 1 is 1.17 bits per heavy atom. The first-order valence-electron chi connectivity index (χ1n) is 9.01. The quantitative estimate of drug-likeness (QED) is 0.825. The second-order valence-electron chi connectivity index (χ2n) is 7.33. The van der Waals surface area contributed by atoms with E-state index in [1.807, 2.05) is 4.90 Å². The largest absolute Gasteiger partial charge is 0.381 e. The maximum atomic E-state index is 12.5. The Morgan fingerprint density at radius 2 is 1.78 bits per heavy atom. The van der Waals surface area contributed by atoms with E-state index in [4.69, 9.17) is 4.74 Å². The Hall–Kier alpha value is -0.850. The van der Waals surface area contributed by atoms with Gasteiger partial charge in [0.15, 0.2) is 0 Å². The third-order valence-corrected chi connectivity index (χ3v) is 4.96. The average molecular weight is 326 g/mol. The molecule has 0 aromatic carbocycles. The van der Waals surface area contributed by atoms with E-state index in [0.29, 0.717) is 12.1 Å². The predicted octanol–water partition coefficient (Wildman–Crippen LogP) is 1.22. The van der Waals surface area contributed by atoms with Crippen LogP contribution in [0.4, 0.5) is 4.79 Å². The van der Waals surface area contributed by atoms with E-state index >= 15 is 0 Å². The summed E-state index contributed by atoms with van der Waals surface area (Å²) in [5.74, 6) is 0. The molecule has 6 heteroatoms. The monoisotopic (exact) mass is 326 g/mol. The van der Waals surface area contributed by atoms with Crippen molar-refractivity contribution >= 4 is 6.03 Å². The lowest BCUT2D eigenvalue weighted by atomic mass is 10.1. The van der Waals surface area contributed by atoms with Crippen molar-refractivity contribution < 1.29 is 9.53 Å². The van der Waals surface area contributed by atoms with E-state index in [-0.39, 0.29) is 12.1 Å². The molecule has 2 amide bonds. The summed E-state index contributed by atoms with van der Waals surface area (Å²) in [5, 5.41) is 3.18. The highest BCUT2D eigenvalue weighted by molar-refractivity contribution is 5.74. The minimum atomic E-state index is 0.101. The molecule has 0 spiro atoms. The molecule has 0 aromatic rings. The van der Waals surface area contributed by atoms with Crippen molar-refractivity contribution in [1.82, 2.24) is 20.0 Å². The lowest BCUT2D eigenvalue weighted by Gasteiger charge is -2.45. The van der Waals surface area contributed by atoms with Gasteiger partial charge in [-0.25, -0.2) is 4.79 Å². The second kappa shape index (κ2) is 8.85. The van der Waals surface area contributed by atoms with Gasteiger partial charge in [0.1, 0.15) is 0 Å². The highest BCUT2D eigenvalue weighted by Gasteiger charge is 2.32. The molecule has 23 heavy (non-hydrogen) atoms. The number of piperazine rings is 1. The van der Waals surface area contributed by atoms with Gasteiger partial charge in [0.05, 0.1) is 0 Å². The minimum Gasteiger partial charge on any atom is -0.381 e. The van der Waals surface area contributed by atoms with Crippen molar-refractivity contribution in [3.8, 4) is 0 Å². The number of amides is 2. The van der Waals surface area contributed by atoms with Crippen LogP contribution in [-0.2, 0) is 4.74 Å². The number of ether oxygens (including phenoxy) is 1. The molecule has 2 unspecified atom stereocenters. The SMILES string of the molecule is CC1CN(C(=O)NC2CCOCC2)CC(C)N1CCCN(C)C. The Balaban J connectivity index is 1.79. The highest BCUT2D eigenvalue weighted by Crippen LogP contribution is 2.17. The molecule has 2 aliphatic rings. The van der Waals surface area contributed by atoms with E-state index in [9.17, 15) is 4.79 Å². The lowest BCUT2D eigenvalue weighted by molar-refractivity contribution is 0.0476. The fourth-order valence-corrected chi connectivity index (χ4v) is 3.64. The van der Waals surface area contributed by atoms with Crippen LogP contribution >= 0.6 is 0 Å². The summed E-state index contributed by atoms with van der Waals surface area (Å²) in [6.07, 6.45) is 3.04. The van der Waals surface area contributed by atoms with Gasteiger partial charge in [-0.2, -0.15) is 0 Å². The van der Waals surface area contributed by atoms with Gasteiger partial charge in [-0.3, -0.25) is 4.90 Å². The van der Waals surface area contributed by atoms with Crippen molar-refractivity contribution in [2.75, 3.05) is 53.5 Å². The summed E-state index contributed by atoms with van der Waals surface area (Å²) in [4.78, 5) is 19.3. The zero-order valence-corrected chi connectivity index (χ0v) is 15.3. The van der Waals surface area contributed by atoms with Gasteiger partial charge in [0.2, 0.25) is 0 Å². The first-order valence-corrected chi connectivity index (χ1v) is 9.01. The molecule has 1 N–H and O–H groups in total. The van der Waals surface area contributed by atoms with Gasteiger partial charge in [-0.15, -0.1) is 0 Å². The van der Waals surface area contributed by atoms with Gasteiger partial charge in [-0.05, 0) is 53.8 Å². The predicted molar refractivity (Wildman–Crippen MR) is 92.7 cm³/mol. The molecule has 6 nitrogen and oxygen atoms in total. The lowest BCUT2D eigenvalue weighted by Crippen LogP contribution is -2.60. The van der Waals surface area contributed by atoms with Crippen LogP contribution in [0.5, 0.6) is 0 Å². The summed E-state index contributed by atoms with van der Waals surface area (Å²) in [6.45, 7) is 9.86. The summed E-state index contributed by atoms with van der Waals surface area (Å²) in [5.41, 5.74) is 0. The summed E-state index contributed by atoms with van der Waals surface area (Å²) in [6, 6.07) is 1.21. The van der Waals surface area contributed by atoms with E-state index in [2.05, 4.69) is 43.1 Å². The molecule has 0 aliphatic carbocycles. The first kappa shape index (κ1) is 18.5. The average Bonchev–Trinajstić information content (AvgIpc) is 2.50. The maximum Gasteiger partial charge on any atom is 0.317 e. The van der Waals surface area contributed by atoms with Gasteiger partial charge in [0.25, 0.3) is 0 Å². The van der Waals surface area contributed by atoms with E-state index < -0.39 is 0 Å². The molecule has 2 aliphatic heterocycles. The van der Waals surface area contributed by atoms with Crippen LogP contribution in [0.15, 0.2) is 0 Å². The maximum absolute atomic E-state index is 12.5. The standard InChI is InChI=1S/C17H34N4O2/c1-14-12-20(17(22)18-16-6-10-23-11-7-16)13-15(2)21(14)9-5-8-19(3)4/h14-16H,5-13H2,1-4H3,(H,18,22). The van der Waals surface area contributed by atoms with Crippen molar-refractivity contribution in [2.45, 2.75) is 51.2 Å². The number of rotatable bonds is 5. The molecule has 0 saturated carbocycles. The Morgan fingerprint density at radius 3 is 2.35 bits per heavy atom. The first-order chi connectivity index (χ1) is 11.0. The molecular weight excluding hydrogens is 292 g/mol. The number of carbonyl (C=O) groups excluding carboxylic acids is 1. The molecule has 2 heterocycles. The van der Waals surface area contributed by atoms with Crippen LogP contribution in [0, 0.1) is 0 Å². The molecule has 2 saturated heterocycles. The topological polar surface area (TPSA) is 48.1 Å². The molecule has 134 valence electrons. The van der Waals surface area contributed by atoms with Crippen LogP contribution in [0.3, 0.4) is 0 Å². The number of nitrogens with one attached hydrogen (secondary N) is 1. The molecule has 2 atom stereocenters. The second-order valence-corrected chi connectivity index (χ2v) is 7.33. The zero-order chi connectivity index (χ0) is 16.8. The van der Waals surface area contributed by atoms with Gasteiger partial charge in [0, 0.05) is 51.0 Å². The minimum absolute atomic E-state index is 0.101. The van der Waals surface area contributed by atoms with Crippen molar-refractivity contribution in [2.24, 2.45) is 0 Å². The van der Waals surface area contributed by atoms with Crippen LogP contribution in [0.2, 0.25) is 0 Å². The van der Waals surface area contributed by atoms with E-state index in [1.54, 1.807) is 0 Å². The molecule has 0 radical (unpaired) electrons. The third kappa shape index (κ3) is 5.62. The fourth-order valence-electron chi connectivity index (χ4n) is 3.64. The smallest absolute Gasteiger partial charge is 0.317 e. The Labute approximate surface area is 141 Å². The summed E-state index contributed by atoms with van der Waals surface area (Å²) >= 11 is 0. The van der Waals surface area contributed by atoms with Crippen LogP contribution in [0.1, 0.15) is 33.1 Å². The summed E-state index contributed by atoms with van der Waals surface area (Å²) in [7, 11) is 4.23. The molecule has 2 rings (SSSR count). The Kier molecular flexibility index (Phi) is 7.11. The van der Waals surface area contributed by atoms with Crippen LogP contribution < -0.4 is 5.32 Å². The van der Waals surface area contributed by atoms with Crippen LogP contribution in [-0.4, -0.2) is 92.3 Å². The van der Waals surface area contributed by atoms with Gasteiger partial charge in [-0.1, -0.05) is 0 Å². The number of urea groups is 1. The number of hydrogen-bond acceptors (Lipinski definition) is 4. The molecular formula is C17H34N4O2. The van der Waals surface area contributed by atoms with Gasteiger partial charge >= 0.3 is 6.03 Å². The van der Waals surface area contributed by atoms with E-state index in [1.165, 1.54) is 6.42 Å². The van der Waals surface area contributed by atoms with E-state index in [0.717, 1.165) is 52.2 Å². The molecule has 0 aromatic heterocycles. The fraction of sp³-hybridized carbons (Fsp3) is 0.941. The third-order valence-electron chi connectivity index (χ3n) is 4.96. The number of nitrogens with zero attached hydrogens (tertiary/aromatic N) is 3.